The molecule has 2 rings (SSSR count). The van der Waals surface area contributed by atoms with E-state index in [1.165, 1.54) is 32.1 Å². The average Bonchev–Trinajstić information content (AvgIpc) is 3.10. The number of hydrogen-bond donors (Lipinski definition) is 2. The van der Waals surface area contributed by atoms with Gasteiger partial charge in [0, 0.05) is 39.2 Å². The Hall–Kier alpha value is -1.30. The third kappa shape index (κ3) is 6.30. The van der Waals surface area contributed by atoms with Gasteiger partial charge >= 0.3 is 0 Å². The number of nitrogens with zero attached hydrogens (tertiary/aromatic N) is 2. The van der Waals surface area contributed by atoms with Crippen molar-refractivity contribution in [3.05, 3.63) is 0 Å². The molecule has 1 aliphatic heterocycles. The first-order chi connectivity index (χ1) is 11.6. The maximum atomic E-state index is 11.8. The molecular weight excluding hydrogens is 304 g/mol. The Morgan fingerprint density at radius 2 is 2.08 bits per heavy atom. The van der Waals surface area contributed by atoms with Crippen LogP contribution in [0.2, 0.25) is 0 Å². The van der Waals surface area contributed by atoms with Crippen molar-refractivity contribution >= 4 is 11.9 Å². The summed E-state index contributed by atoms with van der Waals surface area (Å²) in [5.74, 6) is 2.15. The van der Waals surface area contributed by atoms with E-state index in [-0.39, 0.29) is 12.5 Å². The fraction of sp³-hybridized carbons (Fsp3) is 0.889. The van der Waals surface area contributed by atoms with Gasteiger partial charge in [-0.2, -0.15) is 0 Å². The molecule has 0 aromatic carbocycles. The Morgan fingerprint density at radius 3 is 2.75 bits per heavy atom. The third-order valence-corrected chi connectivity index (χ3v) is 5.15. The molecule has 6 nitrogen and oxygen atoms in total. The Labute approximate surface area is 146 Å². The number of amides is 1. The Balaban J connectivity index is 1.90. The highest BCUT2D eigenvalue weighted by molar-refractivity contribution is 5.84. The van der Waals surface area contributed by atoms with Crippen molar-refractivity contribution in [2.75, 3.05) is 40.4 Å². The topological polar surface area (TPSA) is 66.0 Å². The molecule has 0 spiro atoms. The lowest BCUT2D eigenvalue weighted by molar-refractivity contribution is -0.127. The van der Waals surface area contributed by atoms with Crippen molar-refractivity contribution in [3.63, 3.8) is 0 Å². The SMILES string of the molecule is CCC1CCCC(NC(=NCC(=O)N(C)C)NCC2CCOC2)C1. The molecule has 1 heterocycles. The first-order valence-electron chi connectivity index (χ1n) is 9.41. The van der Waals surface area contributed by atoms with Crippen molar-refractivity contribution < 1.29 is 9.53 Å². The van der Waals surface area contributed by atoms with E-state index in [9.17, 15) is 4.79 Å². The average molecular weight is 338 g/mol. The van der Waals surface area contributed by atoms with Gasteiger partial charge in [0.05, 0.1) is 6.61 Å². The molecule has 24 heavy (non-hydrogen) atoms. The fourth-order valence-corrected chi connectivity index (χ4v) is 3.41. The highest BCUT2D eigenvalue weighted by atomic mass is 16.5. The molecule has 2 aliphatic rings. The van der Waals surface area contributed by atoms with Gasteiger partial charge < -0.3 is 20.3 Å². The van der Waals surface area contributed by atoms with Crippen LogP contribution >= 0.6 is 0 Å². The van der Waals surface area contributed by atoms with Gasteiger partial charge in [0.2, 0.25) is 5.91 Å². The molecule has 1 aliphatic carbocycles. The van der Waals surface area contributed by atoms with Crippen LogP contribution in [0.4, 0.5) is 0 Å². The summed E-state index contributed by atoms with van der Waals surface area (Å²) in [4.78, 5) is 17.9. The second kappa shape index (κ2) is 9.87. The first kappa shape index (κ1) is 19.0. The van der Waals surface area contributed by atoms with Crippen molar-refractivity contribution in [2.45, 2.75) is 51.5 Å². The van der Waals surface area contributed by atoms with Crippen LogP contribution in [0.5, 0.6) is 0 Å². The van der Waals surface area contributed by atoms with Crippen molar-refractivity contribution in [3.8, 4) is 0 Å². The molecule has 138 valence electrons. The van der Waals surface area contributed by atoms with Crippen LogP contribution in [-0.2, 0) is 9.53 Å². The zero-order valence-corrected chi connectivity index (χ0v) is 15.5. The number of ether oxygens (including phenoxy) is 1. The maximum Gasteiger partial charge on any atom is 0.243 e. The van der Waals surface area contributed by atoms with E-state index in [0.29, 0.717) is 12.0 Å². The van der Waals surface area contributed by atoms with E-state index in [1.807, 2.05) is 0 Å². The number of likely N-dealkylation sites (N-methyl/N-ethyl adjacent to an activating group) is 1. The Kier molecular flexibility index (Phi) is 7.82. The van der Waals surface area contributed by atoms with E-state index in [1.54, 1.807) is 19.0 Å². The monoisotopic (exact) mass is 338 g/mol. The summed E-state index contributed by atoms with van der Waals surface area (Å²) < 4.78 is 5.44. The predicted molar refractivity (Wildman–Crippen MR) is 97.1 cm³/mol. The summed E-state index contributed by atoms with van der Waals surface area (Å²) in [6.07, 6.45) is 7.34. The normalized spacial score (nSPS) is 27.8. The Bertz CT molecular complexity index is 419. The van der Waals surface area contributed by atoms with Crippen molar-refractivity contribution in [1.29, 1.82) is 0 Å². The zero-order chi connectivity index (χ0) is 17.4. The molecule has 6 heteroatoms. The van der Waals surface area contributed by atoms with Gasteiger partial charge in [0.25, 0.3) is 0 Å². The molecule has 2 N–H and O–H groups in total. The lowest BCUT2D eigenvalue weighted by atomic mass is 9.84. The van der Waals surface area contributed by atoms with E-state index < -0.39 is 0 Å². The number of aliphatic imine (C=N–C) groups is 1. The second-order valence-corrected chi connectivity index (χ2v) is 7.35. The molecule has 2 fully saturated rings. The molecule has 3 unspecified atom stereocenters. The number of carbonyl (C=O) groups excluding carboxylic acids is 1. The van der Waals surface area contributed by atoms with E-state index in [2.05, 4.69) is 22.5 Å². The number of hydrogen-bond acceptors (Lipinski definition) is 3. The molecule has 0 aromatic heterocycles. The molecule has 1 saturated carbocycles. The third-order valence-electron chi connectivity index (χ3n) is 5.15. The van der Waals surface area contributed by atoms with Crippen LogP contribution in [0.25, 0.3) is 0 Å². The lowest BCUT2D eigenvalue weighted by Gasteiger charge is -2.30. The summed E-state index contributed by atoms with van der Waals surface area (Å²) in [5, 5.41) is 6.99. The van der Waals surface area contributed by atoms with Crippen LogP contribution in [0.15, 0.2) is 4.99 Å². The summed E-state index contributed by atoms with van der Waals surface area (Å²) in [6.45, 7) is 4.99. The molecular formula is C18H34N4O2. The van der Waals surface area contributed by atoms with Crippen LogP contribution in [0, 0.1) is 11.8 Å². The van der Waals surface area contributed by atoms with Gasteiger partial charge in [-0.15, -0.1) is 0 Å². The molecule has 0 bridgehead atoms. The first-order valence-corrected chi connectivity index (χ1v) is 9.41. The van der Waals surface area contributed by atoms with Crippen LogP contribution in [-0.4, -0.2) is 63.2 Å². The standard InChI is InChI=1S/C18H34N4O2/c1-4-14-6-5-7-16(10-14)21-18(20-12-17(23)22(2)3)19-11-15-8-9-24-13-15/h14-16H,4-13H2,1-3H3,(H2,19,20,21). The number of nitrogens with one attached hydrogen (secondary N) is 2. The van der Waals surface area contributed by atoms with E-state index in [4.69, 9.17) is 4.74 Å². The minimum atomic E-state index is 0.0235. The lowest BCUT2D eigenvalue weighted by Crippen LogP contribution is -2.47. The van der Waals surface area contributed by atoms with Crippen LogP contribution in [0.1, 0.15) is 45.4 Å². The second-order valence-electron chi connectivity index (χ2n) is 7.35. The molecule has 3 atom stereocenters. The number of carbonyl (C=O) groups is 1. The zero-order valence-electron chi connectivity index (χ0n) is 15.5. The predicted octanol–water partition coefficient (Wildman–Crippen LogP) is 1.62. The fourth-order valence-electron chi connectivity index (χ4n) is 3.41. The maximum absolute atomic E-state index is 11.8. The summed E-state index contributed by atoms with van der Waals surface area (Å²) >= 11 is 0. The highest BCUT2D eigenvalue weighted by Crippen LogP contribution is 2.26. The van der Waals surface area contributed by atoms with Crippen LogP contribution in [0.3, 0.4) is 0 Å². The quantitative estimate of drug-likeness (QED) is 0.570. The smallest absolute Gasteiger partial charge is 0.243 e. The van der Waals surface area contributed by atoms with E-state index in [0.717, 1.165) is 38.1 Å². The molecule has 1 amide bonds. The number of rotatable bonds is 6. The van der Waals surface area contributed by atoms with Gasteiger partial charge in [-0.3, -0.25) is 4.79 Å². The van der Waals surface area contributed by atoms with Crippen molar-refractivity contribution in [1.82, 2.24) is 15.5 Å². The van der Waals surface area contributed by atoms with E-state index >= 15 is 0 Å². The molecule has 0 aromatic rings. The van der Waals surface area contributed by atoms with Gasteiger partial charge in [-0.25, -0.2) is 4.99 Å². The van der Waals surface area contributed by atoms with Gasteiger partial charge in [-0.1, -0.05) is 26.2 Å². The van der Waals surface area contributed by atoms with Crippen molar-refractivity contribution in [2.24, 2.45) is 16.8 Å². The van der Waals surface area contributed by atoms with Gasteiger partial charge in [-0.05, 0) is 25.2 Å². The van der Waals surface area contributed by atoms with Gasteiger partial charge in [0.1, 0.15) is 6.54 Å². The Morgan fingerprint density at radius 1 is 1.25 bits per heavy atom. The largest absolute Gasteiger partial charge is 0.381 e. The van der Waals surface area contributed by atoms with Gasteiger partial charge in [0.15, 0.2) is 5.96 Å². The number of guanidine groups is 1. The molecule has 0 radical (unpaired) electrons. The highest BCUT2D eigenvalue weighted by Gasteiger charge is 2.22. The minimum Gasteiger partial charge on any atom is -0.381 e. The minimum absolute atomic E-state index is 0.0235. The summed E-state index contributed by atoms with van der Waals surface area (Å²) in [6, 6.07) is 0.462. The summed E-state index contributed by atoms with van der Waals surface area (Å²) in [5.41, 5.74) is 0. The van der Waals surface area contributed by atoms with Crippen LogP contribution < -0.4 is 10.6 Å². The molecule has 1 saturated heterocycles. The summed E-state index contributed by atoms with van der Waals surface area (Å²) in [7, 11) is 3.53.